The number of hydrogen-bond acceptors (Lipinski definition) is 7. The van der Waals surface area contributed by atoms with Crippen molar-refractivity contribution in [3.05, 3.63) is 69.2 Å². The minimum atomic E-state index is -0.544. The van der Waals surface area contributed by atoms with Crippen LogP contribution in [0.5, 0.6) is 11.5 Å². The number of amides is 2. The molecule has 0 spiro atoms. The van der Waals surface area contributed by atoms with Gasteiger partial charge in [0, 0.05) is 42.3 Å². The van der Waals surface area contributed by atoms with Crippen molar-refractivity contribution in [1.82, 2.24) is 14.4 Å². The molecule has 1 fully saturated rings. The van der Waals surface area contributed by atoms with E-state index in [2.05, 4.69) is 0 Å². The maximum absolute atomic E-state index is 13.3. The Bertz CT molecular complexity index is 1280. The van der Waals surface area contributed by atoms with Crippen molar-refractivity contribution >= 4 is 28.9 Å². The van der Waals surface area contributed by atoms with Gasteiger partial charge in [-0.2, -0.15) is 0 Å². The molecule has 1 aromatic carbocycles. The van der Waals surface area contributed by atoms with Crippen LogP contribution in [0.4, 0.5) is 0 Å². The number of rotatable bonds is 7. The number of carbonyl (C=O) groups is 3. The molecule has 0 atom stereocenters. The van der Waals surface area contributed by atoms with Crippen LogP contribution in [-0.2, 0) is 6.54 Å². The lowest BCUT2D eigenvalue weighted by atomic mass is 10.1. The third-order valence-corrected chi connectivity index (χ3v) is 7.32. The highest BCUT2D eigenvalue weighted by Crippen LogP contribution is 2.33. The van der Waals surface area contributed by atoms with E-state index in [4.69, 9.17) is 15.2 Å². The van der Waals surface area contributed by atoms with Gasteiger partial charge >= 0.3 is 0 Å². The molecule has 0 unspecified atom stereocenters. The number of Topliss-reactive ketones (excluding diaryl/α,β-unsaturated/α-hetero) is 1. The second kappa shape index (κ2) is 9.55. The van der Waals surface area contributed by atoms with Crippen molar-refractivity contribution in [2.24, 2.45) is 5.73 Å². The van der Waals surface area contributed by atoms with Crippen molar-refractivity contribution in [2.45, 2.75) is 13.5 Å². The normalized spacial score (nSPS) is 15.4. The SMILES string of the molecule is Cc1c(C(N)=O)cc(C(=O)CN2CCN(C(=O)c3ccc4c(c3)OCO4)CC2)n1Cc1cccs1. The molecule has 35 heavy (non-hydrogen) atoms. The number of nitrogens with zero attached hydrogens (tertiary/aromatic N) is 3. The smallest absolute Gasteiger partial charge is 0.254 e. The Hall–Kier alpha value is -3.63. The van der Waals surface area contributed by atoms with E-state index in [9.17, 15) is 14.4 Å². The molecular weight excluding hydrogens is 468 g/mol. The molecule has 10 heteroatoms. The van der Waals surface area contributed by atoms with Crippen LogP contribution >= 0.6 is 11.3 Å². The third-order valence-electron chi connectivity index (χ3n) is 6.46. The summed E-state index contributed by atoms with van der Waals surface area (Å²) in [7, 11) is 0. The summed E-state index contributed by atoms with van der Waals surface area (Å²) >= 11 is 1.60. The first-order chi connectivity index (χ1) is 16.9. The number of ketones is 1. The van der Waals surface area contributed by atoms with Crippen LogP contribution in [0.2, 0.25) is 0 Å². The van der Waals surface area contributed by atoms with Gasteiger partial charge in [0.2, 0.25) is 6.79 Å². The molecule has 5 rings (SSSR count). The molecule has 4 heterocycles. The Balaban J connectivity index is 1.24. The van der Waals surface area contributed by atoms with Gasteiger partial charge in [-0.05, 0) is 42.6 Å². The van der Waals surface area contributed by atoms with E-state index in [-0.39, 0.29) is 25.0 Å². The van der Waals surface area contributed by atoms with E-state index in [0.717, 1.165) is 4.88 Å². The molecule has 1 saturated heterocycles. The predicted molar refractivity (Wildman–Crippen MR) is 130 cm³/mol. The zero-order valence-corrected chi connectivity index (χ0v) is 20.2. The molecule has 2 N–H and O–H groups in total. The second-order valence-corrected chi connectivity index (χ2v) is 9.65. The first-order valence-corrected chi connectivity index (χ1v) is 12.3. The van der Waals surface area contributed by atoms with E-state index in [0.29, 0.717) is 66.7 Å². The molecule has 0 radical (unpaired) electrons. The maximum Gasteiger partial charge on any atom is 0.254 e. The van der Waals surface area contributed by atoms with Gasteiger partial charge in [0.25, 0.3) is 11.8 Å². The Morgan fingerprint density at radius 3 is 2.51 bits per heavy atom. The molecule has 0 bridgehead atoms. The molecule has 2 amide bonds. The minimum Gasteiger partial charge on any atom is -0.454 e. The van der Waals surface area contributed by atoms with Crippen LogP contribution in [0.15, 0.2) is 41.8 Å². The summed E-state index contributed by atoms with van der Waals surface area (Å²) in [5, 5.41) is 1.98. The number of carbonyl (C=O) groups excluding carboxylic acids is 3. The molecule has 2 aliphatic heterocycles. The van der Waals surface area contributed by atoms with E-state index < -0.39 is 5.91 Å². The lowest BCUT2D eigenvalue weighted by Gasteiger charge is -2.34. The standard InChI is InChI=1S/C25H26N4O5S/c1-16-19(24(26)31)12-20(29(16)13-18-3-2-10-35-18)21(30)14-27-6-8-28(9-7-27)25(32)17-4-5-22-23(11-17)34-15-33-22/h2-5,10-12H,6-9,13-15H2,1H3,(H2,26,31). The molecule has 2 aromatic heterocycles. The molecule has 0 aliphatic carbocycles. The maximum atomic E-state index is 13.3. The number of fused-ring (bicyclic) bond motifs is 1. The fourth-order valence-corrected chi connectivity index (χ4v) is 5.19. The van der Waals surface area contributed by atoms with E-state index in [1.54, 1.807) is 40.5 Å². The number of primary amides is 1. The summed E-state index contributed by atoms with van der Waals surface area (Å²) in [5.74, 6) is 0.533. The van der Waals surface area contributed by atoms with Gasteiger partial charge < -0.3 is 24.7 Å². The molecule has 0 saturated carbocycles. The zero-order chi connectivity index (χ0) is 24.5. The highest BCUT2D eigenvalue weighted by atomic mass is 32.1. The number of thiophene rings is 1. The Morgan fingerprint density at radius 2 is 1.80 bits per heavy atom. The zero-order valence-electron chi connectivity index (χ0n) is 19.4. The molecule has 182 valence electrons. The monoisotopic (exact) mass is 494 g/mol. The van der Waals surface area contributed by atoms with Crippen molar-refractivity contribution in [1.29, 1.82) is 0 Å². The number of hydrogen-bond donors (Lipinski definition) is 1. The summed E-state index contributed by atoms with van der Waals surface area (Å²) in [6.45, 7) is 4.88. The second-order valence-electron chi connectivity index (χ2n) is 8.62. The average molecular weight is 495 g/mol. The van der Waals surface area contributed by atoms with Crippen LogP contribution in [0.1, 0.15) is 41.8 Å². The summed E-state index contributed by atoms with van der Waals surface area (Å²) in [6, 6.07) is 10.8. The average Bonchev–Trinajstić information content (AvgIpc) is 3.60. The van der Waals surface area contributed by atoms with Gasteiger partial charge in [0.15, 0.2) is 17.3 Å². The first-order valence-electron chi connectivity index (χ1n) is 11.4. The van der Waals surface area contributed by atoms with E-state index in [1.807, 2.05) is 33.9 Å². The number of aromatic nitrogens is 1. The van der Waals surface area contributed by atoms with Gasteiger partial charge in [0.1, 0.15) is 0 Å². The van der Waals surface area contributed by atoms with Crippen LogP contribution in [0.25, 0.3) is 0 Å². The molecule has 9 nitrogen and oxygen atoms in total. The van der Waals surface area contributed by atoms with Crippen LogP contribution in [0.3, 0.4) is 0 Å². The van der Waals surface area contributed by atoms with Gasteiger partial charge in [-0.3, -0.25) is 19.3 Å². The lowest BCUT2D eigenvalue weighted by Crippen LogP contribution is -2.50. The predicted octanol–water partition coefficient (Wildman–Crippen LogP) is 2.37. The Kier molecular flexibility index (Phi) is 6.31. The number of nitrogens with two attached hydrogens (primary N) is 1. The number of benzene rings is 1. The molecule has 3 aromatic rings. The highest BCUT2D eigenvalue weighted by Gasteiger charge is 2.27. The van der Waals surface area contributed by atoms with Gasteiger partial charge in [-0.15, -0.1) is 11.3 Å². The first kappa shape index (κ1) is 23.1. The topological polar surface area (TPSA) is 107 Å². The summed E-state index contributed by atoms with van der Waals surface area (Å²) in [4.78, 5) is 43.1. The van der Waals surface area contributed by atoms with Gasteiger partial charge in [-0.1, -0.05) is 6.07 Å². The summed E-state index contributed by atoms with van der Waals surface area (Å²) in [5.41, 5.74) is 7.64. The van der Waals surface area contributed by atoms with Crippen LogP contribution in [-0.4, -0.2) is 71.5 Å². The summed E-state index contributed by atoms with van der Waals surface area (Å²) < 4.78 is 12.6. The van der Waals surface area contributed by atoms with Gasteiger partial charge in [-0.25, -0.2) is 0 Å². The number of piperazine rings is 1. The summed E-state index contributed by atoms with van der Waals surface area (Å²) in [6.07, 6.45) is 0. The lowest BCUT2D eigenvalue weighted by molar-refractivity contribution is 0.0622. The Labute approximate surface area is 206 Å². The van der Waals surface area contributed by atoms with Crippen molar-refractivity contribution < 1.29 is 23.9 Å². The largest absolute Gasteiger partial charge is 0.454 e. The fraction of sp³-hybridized carbons (Fsp3) is 0.320. The third kappa shape index (κ3) is 4.67. The van der Waals surface area contributed by atoms with Crippen LogP contribution < -0.4 is 15.2 Å². The number of ether oxygens (including phenoxy) is 2. The van der Waals surface area contributed by atoms with Crippen molar-refractivity contribution in [3.63, 3.8) is 0 Å². The molecular formula is C25H26N4O5S. The Morgan fingerprint density at radius 1 is 1.03 bits per heavy atom. The van der Waals surface area contributed by atoms with Crippen molar-refractivity contribution in [2.75, 3.05) is 39.5 Å². The quantitative estimate of drug-likeness (QED) is 0.506. The fourth-order valence-electron chi connectivity index (χ4n) is 4.49. The van der Waals surface area contributed by atoms with Crippen molar-refractivity contribution in [3.8, 4) is 11.5 Å². The highest BCUT2D eigenvalue weighted by molar-refractivity contribution is 7.09. The minimum absolute atomic E-state index is 0.0687. The molecule has 2 aliphatic rings. The van der Waals surface area contributed by atoms with Gasteiger partial charge in [0.05, 0.1) is 24.3 Å². The van der Waals surface area contributed by atoms with E-state index >= 15 is 0 Å². The van der Waals surface area contributed by atoms with Crippen LogP contribution in [0, 0.1) is 6.92 Å². The van der Waals surface area contributed by atoms with E-state index in [1.165, 1.54) is 0 Å².